The molecule has 1 heterocycles. The summed E-state index contributed by atoms with van der Waals surface area (Å²) < 4.78 is 4.86. The third-order valence-corrected chi connectivity index (χ3v) is 3.40. The standard InChI is InChI=1S/C15H20N2O3/c1-2-20-15(19)16-13-8-10-17(11-9-13)14(18)12-6-4-3-5-7-12/h3-7,13H,2,8-11H2,1H3,(H,16,19). The van der Waals surface area contributed by atoms with E-state index in [4.69, 9.17) is 4.74 Å². The van der Waals surface area contributed by atoms with Gasteiger partial charge in [0.05, 0.1) is 6.61 Å². The summed E-state index contributed by atoms with van der Waals surface area (Å²) in [4.78, 5) is 25.4. The smallest absolute Gasteiger partial charge is 0.407 e. The Labute approximate surface area is 118 Å². The molecule has 1 saturated heterocycles. The van der Waals surface area contributed by atoms with E-state index in [-0.39, 0.29) is 18.0 Å². The number of rotatable bonds is 3. The summed E-state index contributed by atoms with van der Waals surface area (Å²) in [6.45, 7) is 3.47. The third kappa shape index (κ3) is 3.73. The summed E-state index contributed by atoms with van der Waals surface area (Å²) in [7, 11) is 0. The fourth-order valence-corrected chi connectivity index (χ4v) is 2.33. The van der Waals surface area contributed by atoms with Crippen molar-refractivity contribution in [3.05, 3.63) is 35.9 Å². The molecule has 1 fully saturated rings. The van der Waals surface area contributed by atoms with Gasteiger partial charge >= 0.3 is 6.09 Å². The largest absolute Gasteiger partial charge is 0.450 e. The van der Waals surface area contributed by atoms with Gasteiger partial charge in [0, 0.05) is 24.7 Å². The Hall–Kier alpha value is -2.04. The molecule has 20 heavy (non-hydrogen) atoms. The van der Waals surface area contributed by atoms with Crippen LogP contribution in [0.5, 0.6) is 0 Å². The molecule has 2 rings (SSSR count). The Morgan fingerprint density at radius 3 is 2.50 bits per heavy atom. The van der Waals surface area contributed by atoms with Crippen LogP contribution < -0.4 is 5.32 Å². The van der Waals surface area contributed by atoms with Gasteiger partial charge in [-0.15, -0.1) is 0 Å². The molecule has 0 radical (unpaired) electrons. The molecule has 0 saturated carbocycles. The Morgan fingerprint density at radius 1 is 1.25 bits per heavy atom. The van der Waals surface area contributed by atoms with Crippen molar-refractivity contribution in [1.29, 1.82) is 0 Å². The first-order valence-electron chi connectivity index (χ1n) is 6.98. The molecule has 0 aromatic heterocycles. The predicted molar refractivity (Wildman–Crippen MR) is 75.5 cm³/mol. The number of piperidine rings is 1. The SMILES string of the molecule is CCOC(=O)NC1CCN(C(=O)c2ccccc2)CC1. The van der Waals surface area contributed by atoms with E-state index in [0.29, 0.717) is 25.3 Å². The monoisotopic (exact) mass is 276 g/mol. The van der Waals surface area contributed by atoms with Gasteiger partial charge in [-0.25, -0.2) is 4.79 Å². The van der Waals surface area contributed by atoms with Crippen molar-refractivity contribution in [2.45, 2.75) is 25.8 Å². The number of nitrogens with one attached hydrogen (secondary N) is 1. The summed E-state index contributed by atoms with van der Waals surface area (Å²) in [6.07, 6.45) is 1.15. The van der Waals surface area contributed by atoms with Gasteiger partial charge < -0.3 is 15.0 Å². The van der Waals surface area contributed by atoms with Crippen LogP contribution in [-0.4, -0.2) is 42.6 Å². The summed E-state index contributed by atoms with van der Waals surface area (Å²) >= 11 is 0. The highest BCUT2D eigenvalue weighted by atomic mass is 16.5. The molecule has 1 aliphatic heterocycles. The van der Waals surface area contributed by atoms with Gasteiger partial charge in [-0.3, -0.25) is 4.79 Å². The topological polar surface area (TPSA) is 58.6 Å². The number of benzene rings is 1. The maximum absolute atomic E-state index is 12.2. The van der Waals surface area contributed by atoms with Crippen LogP contribution in [0.3, 0.4) is 0 Å². The molecule has 5 nitrogen and oxygen atoms in total. The van der Waals surface area contributed by atoms with Crippen LogP contribution in [-0.2, 0) is 4.74 Å². The van der Waals surface area contributed by atoms with Crippen molar-refractivity contribution in [3.63, 3.8) is 0 Å². The van der Waals surface area contributed by atoms with Gasteiger partial charge in [0.15, 0.2) is 0 Å². The molecule has 2 amide bonds. The highest BCUT2D eigenvalue weighted by molar-refractivity contribution is 5.94. The van der Waals surface area contributed by atoms with Crippen molar-refractivity contribution in [1.82, 2.24) is 10.2 Å². The zero-order chi connectivity index (χ0) is 14.4. The van der Waals surface area contributed by atoms with Crippen molar-refractivity contribution >= 4 is 12.0 Å². The molecule has 0 unspecified atom stereocenters. The van der Waals surface area contributed by atoms with E-state index in [0.717, 1.165) is 12.8 Å². The number of hydrogen-bond acceptors (Lipinski definition) is 3. The van der Waals surface area contributed by atoms with Gasteiger partial charge in [-0.1, -0.05) is 18.2 Å². The normalized spacial score (nSPS) is 15.8. The molecule has 108 valence electrons. The zero-order valence-electron chi connectivity index (χ0n) is 11.7. The summed E-state index contributed by atoms with van der Waals surface area (Å²) in [5, 5.41) is 2.82. The van der Waals surface area contributed by atoms with Crippen LogP contribution in [0, 0.1) is 0 Å². The summed E-state index contributed by atoms with van der Waals surface area (Å²) in [5.74, 6) is 0.0557. The number of likely N-dealkylation sites (tertiary alicyclic amines) is 1. The average Bonchev–Trinajstić information content (AvgIpc) is 2.48. The van der Waals surface area contributed by atoms with Crippen molar-refractivity contribution < 1.29 is 14.3 Å². The molecule has 0 aliphatic carbocycles. The first-order chi connectivity index (χ1) is 9.70. The minimum atomic E-state index is -0.375. The maximum Gasteiger partial charge on any atom is 0.407 e. The average molecular weight is 276 g/mol. The minimum Gasteiger partial charge on any atom is -0.450 e. The summed E-state index contributed by atoms with van der Waals surface area (Å²) in [5.41, 5.74) is 0.712. The van der Waals surface area contributed by atoms with E-state index in [1.165, 1.54) is 0 Å². The zero-order valence-corrected chi connectivity index (χ0v) is 11.7. The number of amides is 2. The predicted octanol–water partition coefficient (Wildman–Crippen LogP) is 2.04. The minimum absolute atomic E-state index is 0.0557. The van der Waals surface area contributed by atoms with Crippen LogP contribution in [0.4, 0.5) is 4.79 Å². The lowest BCUT2D eigenvalue weighted by atomic mass is 10.0. The van der Waals surface area contributed by atoms with Crippen molar-refractivity contribution in [2.24, 2.45) is 0 Å². The Bertz CT molecular complexity index is 453. The second-order valence-corrected chi connectivity index (χ2v) is 4.80. The summed E-state index contributed by atoms with van der Waals surface area (Å²) in [6, 6.07) is 9.36. The van der Waals surface area contributed by atoms with Gasteiger partial charge in [0.1, 0.15) is 0 Å². The molecule has 1 aromatic carbocycles. The van der Waals surface area contributed by atoms with E-state index in [1.54, 1.807) is 6.92 Å². The number of ether oxygens (including phenoxy) is 1. The number of hydrogen-bond donors (Lipinski definition) is 1. The molecule has 5 heteroatoms. The van der Waals surface area contributed by atoms with E-state index in [1.807, 2.05) is 35.2 Å². The first kappa shape index (κ1) is 14.4. The van der Waals surface area contributed by atoms with Crippen LogP contribution in [0.15, 0.2) is 30.3 Å². The highest BCUT2D eigenvalue weighted by Crippen LogP contribution is 2.14. The van der Waals surface area contributed by atoms with Gasteiger partial charge in [-0.2, -0.15) is 0 Å². The van der Waals surface area contributed by atoms with Crippen molar-refractivity contribution in [3.8, 4) is 0 Å². The second-order valence-electron chi connectivity index (χ2n) is 4.80. The molecule has 1 N–H and O–H groups in total. The highest BCUT2D eigenvalue weighted by Gasteiger charge is 2.24. The van der Waals surface area contributed by atoms with E-state index in [2.05, 4.69) is 5.32 Å². The van der Waals surface area contributed by atoms with Crippen LogP contribution >= 0.6 is 0 Å². The van der Waals surface area contributed by atoms with Gasteiger partial charge in [0.25, 0.3) is 5.91 Å². The van der Waals surface area contributed by atoms with Crippen molar-refractivity contribution in [2.75, 3.05) is 19.7 Å². The van der Waals surface area contributed by atoms with E-state index < -0.39 is 0 Å². The Balaban J connectivity index is 1.82. The number of carbonyl (C=O) groups excluding carboxylic acids is 2. The molecular formula is C15H20N2O3. The molecule has 0 bridgehead atoms. The van der Waals surface area contributed by atoms with E-state index >= 15 is 0 Å². The molecule has 0 spiro atoms. The van der Waals surface area contributed by atoms with Gasteiger partial charge in [-0.05, 0) is 31.9 Å². The number of carbonyl (C=O) groups is 2. The first-order valence-corrected chi connectivity index (χ1v) is 6.98. The van der Waals surface area contributed by atoms with E-state index in [9.17, 15) is 9.59 Å². The van der Waals surface area contributed by atoms with Gasteiger partial charge in [0.2, 0.25) is 0 Å². The molecule has 1 aliphatic rings. The lowest BCUT2D eigenvalue weighted by molar-refractivity contribution is 0.0702. The van der Waals surface area contributed by atoms with Crippen LogP contribution in [0.2, 0.25) is 0 Å². The van der Waals surface area contributed by atoms with Crippen LogP contribution in [0.25, 0.3) is 0 Å². The Morgan fingerprint density at radius 2 is 1.90 bits per heavy atom. The quantitative estimate of drug-likeness (QED) is 0.919. The number of alkyl carbamates (subject to hydrolysis) is 1. The molecule has 1 aromatic rings. The lowest BCUT2D eigenvalue weighted by Gasteiger charge is -2.32. The fourth-order valence-electron chi connectivity index (χ4n) is 2.33. The fraction of sp³-hybridized carbons (Fsp3) is 0.467. The van der Waals surface area contributed by atoms with Crippen LogP contribution in [0.1, 0.15) is 30.1 Å². The third-order valence-electron chi connectivity index (χ3n) is 3.40. The maximum atomic E-state index is 12.2. The number of nitrogens with zero attached hydrogens (tertiary/aromatic N) is 1. The molecule has 0 atom stereocenters. The Kier molecular flexibility index (Phi) is 4.98. The second kappa shape index (κ2) is 6.93. The molecular weight excluding hydrogens is 256 g/mol. The lowest BCUT2D eigenvalue weighted by Crippen LogP contribution is -2.46.